The Bertz CT molecular complexity index is 563. The number of aliphatic hydroxyl groups is 1. The molecule has 21 heavy (non-hydrogen) atoms. The molecule has 0 bridgehead atoms. The summed E-state index contributed by atoms with van der Waals surface area (Å²) < 4.78 is 5.18. The molecular formula is C18H18O3. The Morgan fingerprint density at radius 2 is 1.52 bits per heavy atom. The fourth-order valence-electron chi connectivity index (χ4n) is 2.09. The Labute approximate surface area is 124 Å². The van der Waals surface area contributed by atoms with Crippen LogP contribution in [0.1, 0.15) is 18.1 Å². The van der Waals surface area contributed by atoms with Crippen LogP contribution in [0.3, 0.4) is 0 Å². The molecule has 2 rings (SSSR count). The lowest BCUT2D eigenvalue weighted by molar-refractivity contribution is -0.160. The normalized spacial score (nSPS) is 11.5. The van der Waals surface area contributed by atoms with E-state index in [0.29, 0.717) is 11.1 Å². The Balaban J connectivity index is 2.42. The lowest BCUT2D eigenvalue weighted by atomic mass is 9.86. The molecule has 0 aromatic heterocycles. The number of carbonyl (C=O) groups excluding carboxylic acids is 1. The van der Waals surface area contributed by atoms with Crippen LogP contribution < -0.4 is 0 Å². The van der Waals surface area contributed by atoms with Crippen LogP contribution in [0.15, 0.2) is 72.8 Å². The quantitative estimate of drug-likeness (QED) is 0.677. The van der Waals surface area contributed by atoms with Gasteiger partial charge in [0.15, 0.2) is 0 Å². The van der Waals surface area contributed by atoms with E-state index in [9.17, 15) is 9.90 Å². The van der Waals surface area contributed by atoms with E-state index in [4.69, 9.17) is 4.74 Å². The van der Waals surface area contributed by atoms with Gasteiger partial charge in [-0.15, -0.1) is 0 Å². The molecule has 3 nitrogen and oxygen atoms in total. The van der Waals surface area contributed by atoms with Gasteiger partial charge < -0.3 is 9.84 Å². The minimum atomic E-state index is -1.80. The van der Waals surface area contributed by atoms with Crippen LogP contribution in [-0.2, 0) is 15.1 Å². The van der Waals surface area contributed by atoms with E-state index in [1.54, 1.807) is 60.7 Å². The summed E-state index contributed by atoms with van der Waals surface area (Å²) >= 11 is 0. The van der Waals surface area contributed by atoms with Gasteiger partial charge in [0.1, 0.15) is 6.61 Å². The second-order valence-electron chi connectivity index (χ2n) is 4.61. The van der Waals surface area contributed by atoms with Crippen molar-refractivity contribution in [2.24, 2.45) is 0 Å². The third-order valence-electron chi connectivity index (χ3n) is 3.22. The first kappa shape index (κ1) is 15.0. The molecule has 0 heterocycles. The molecule has 0 saturated carbocycles. The monoisotopic (exact) mass is 282 g/mol. The Morgan fingerprint density at radius 3 is 1.95 bits per heavy atom. The van der Waals surface area contributed by atoms with E-state index in [1.807, 2.05) is 19.1 Å². The maximum absolute atomic E-state index is 12.4. The first-order valence-electron chi connectivity index (χ1n) is 6.81. The van der Waals surface area contributed by atoms with Crippen molar-refractivity contribution in [3.8, 4) is 0 Å². The molecule has 0 saturated heterocycles. The zero-order valence-corrected chi connectivity index (χ0v) is 11.9. The molecule has 0 radical (unpaired) electrons. The summed E-state index contributed by atoms with van der Waals surface area (Å²) in [5.74, 6) is -0.682. The molecule has 0 fully saturated rings. The SMILES string of the molecule is CC=CCOC(=O)C(O)(c1ccccc1)c1ccccc1. The second kappa shape index (κ2) is 6.86. The van der Waals surface area contributed by atoms with Crippen molar-refractivity contribution in [2.75, 3.05) is 6.61 Å². The molecule has 108 valence electrons. The van der Waals surface area contributed by atoms with Gasteiger partial charge in [0.25, 0.3) is 0 Å². The van der Waals surface area contributed by atoms with Crippen LogP contribution in [0, 0.1) is 0 Å². The number of hydrogen-bond donors (Lipinski definition) is 1. The number of esters is 1. The first-order chi connectivity index (χ1) is 10.2. The predicted octanol–water partition coefficient (Wildman–Crippen LogP) is 3.04. The molecule has 3 heteroatoms. The van der Waals surface area contributed by atoms with Gasteiger partial charge in [0.05, 0.1) is 0 Å². The van der Waals surface area contributed by atoms with Crippen LogP contribution in [0.5, 0.6) is 0 Å². The Morgan fingerprint density at radius 1 is 1.05 bits per heavy atom. The highest BCUT2D eigenvalue weighted by Crippen LogP contribution is 2.30. The van der Waals surface area contributed by atoms with Crippen molar-refractivity contribution in [1.82, 2.24) is 0 Å². The smallest absolute Gasteiger partial charge is 0.348 e. The number of hydrogen-bond acceptors (Lipinski definition) is 3. The van der Waals surface area contributed by atoms with Gasteiger partial charge in [-0.2, -0.15) is 0 Å². The summed E-state index contributed by atoms with van der Waals surface area (Å²) in [5.41, 5.74) is -0.826. The van der Waals surface area contributed by atoms with Crippen molar-refractivity contribution in [3.05, 3.63) is 83.9 Å². The van der Waals surface area contributed by atoms with Crippen molar-refractivity contribution in [3.63, 3.8) is 0 Å². The van der Waals surface area contributed by atoms with Gasteiger partial charge in [0, 0.05) is 0 Å². The lowest BCUT2D eigenvalue weighted by Crippen LogP contribution is -2.38. The van der Waals surface area contributed by atoms with Crippen molar-refractivity contribution in [2.45, 2.75) is 12.5 Å². The molecule has 0 amide bonds. The van der Waals surface area contributed by atoms with Crippen molar-refractivity contribution < 1.29 is 14.6 Å². The maximum atomic E-state index is 12.4. The minimum Gasteiger partial charge on any atom is -0.459 e. The molecule has 0 unspecified atom stereocenters. The Kier molecular flexibility index (Phi) is 4.90. The van der Waals surface area contributed by atoms with Gasteiger partial charge in [-0.05, 0) is 18.1 Å². The lowest BCUT2D eigenvalue weighted by Gasteiger charge is -2.26. The highest BCUT2D eigenvalue weighted by molar-refractivity contribution is 5.85. The zero-order chi connectivity index (χ0) is 15.1. The average Bonchev–Trinajstić information content (AvgIpc) is 2.56. The maximum Gasteiger partial charge on any atom is 0.348 e. The van der Waals surface area contributed by atoms with Gasteiger partial charge in [0.2, 0.25) is 5.60 Å². The van der Waals surface area contributed by atoms with Crippen molar-refractivity contribution in [1.29, 1.82) is 0 Å². The molecule has 2 aromatic carbocycles. The molecule has 2 aromatic rings. The van der Waals surface area contributed by atoms with Crippen LogP contribution in [0.2, 0.25) is 0 Å². The summed E-state index contributed by atoms with van der Waals surface area (Å²) in [6.45, 7) is 1.98. The summed E-state index contributed by atoms with van der Waals surface area (Å²) in [4.78, 5) is 12.4. The molecule has 0 aliphatic carbocycles. The molecule has 0 aliphatic heterocycles. The fraction of sp³-hybridized carbons (Fsp3) is 0.167. The molecule has 0 aliphatic rings. The third-order valence-corrected chi connectivity index (χ3v) is 3.22. The van der Waals surface area contributed by atoms with Crippen LogP contribution in [0.25, 0.3) is 0 Å². The van der Waals surface area contributed by atoms with Gasteiger partial charge in [-0.1, -0.05) is 72.8 Å². The van der Waals surface area contributed by atoms with Crippen LogP contribution in [0.4, 0.5) is 0 Å². The van der Waals surface area contributed by atoms with E-state index < -0.39 is 11.6 Å². The van der Waals surface area contributed by atoms with Crippen LogP contribution >= 0.6 is 0 Å². The van der Waals surface area contributed by atoms with E-state index in [1.165, 1.54) is 0 Å². The number of ether oxygens (including phenoxy) is 1. The minimum absolute atomic E-state index is 0.136. The summed E-state index contributed by atoms with van der Waals surface area (Å²) in [6.07, 6.45) is 3.51. The Hall–Kier alpha value is -2.39. The van der Waals surface area contributed by atoms with Gasteiger partial charge in [-0.3, -0.25) is 0 Å². The van der Waals surface area contributed by atoms with Gasteiger partial charge >= 0.3 is 5.97 Å². The number of allylic oxidation sites excluding steroid dienone is 1. The summed E-state index contributed by atoms with van der Waals surface area (Å²) in [7, 11) is 0. The number of rotatable bonds is 5. The summed E-state index contributed by atoms with van der Waals surface area (Å²) in [5, 5.41) is 11.0. The first-order valence-corrected chi connectivity index (χ1v) is 6.81. The number of carbonyl (C=O) groups is 1. The average molecular weight is 282 g/mol. The fourth-order valence-corrected chi connectivity index (χ4v) is 2.09. The summed E-state index contributed by atoms with van der Waals surface area (Å²) in [6, 6.07) is 17.6. The highest BCUT2D eigenvalue weighted by Gasteiger charge is 2.41. The second-order valence-corrected chi connectivity index (χ2v) is 4.61. The molecular weight excluding hydrogens is 264 g/mol. The van der Waals surface area contributed by atoms with E-state index in [0.717, 1.165) is 0 Å². The topological polar surface area (TPSA) is 46.5 Å². The van der Waals surface area contributed by atoms with E-state index in [2.05, 4.69) is 0 Å². The molecule has 0 atom stereocenters. The predicted molar refractivity (Wildman–Crippen MR) is 81.7 cm³/mol. The van der Waals surface area contributed by atoms with E-state index >= 15 is 0 Å². The highest BCUT2D eigenvalue weighted by atomic mass is 16.5. The largest absolute Gasteiger partial charge is 0.459 e. The van der Waals surface area contributed by atoms with E-state index in [-0.39, 0.29) is 6.61 Å². The molecule has 1 N–H and O–H groups in total. The third kappa shape index (κ3) is 3.20. The van der Waals surface area contributed by atoms with Crippen LogP contribution in [-0.4, -0.2) is 17.7 Å². The van der Waals surface area contributed by atoms with Gasteiger partial charge in [-0.25, -0.2) is 4.79 Å². The standard InChI is InChI=1S/C18H18O3/c1-2-3-14-21-17(19)18(20,15-10-6-4-7-11-15)16-12-8-5-9-13-16/h2-13,20H,14H2,1H3. The zero-order valence-electron chi connectivity index (χ0n) is 11.9. The molecule has 0 spiro atoms. The van der Waals surface area contributed by atoms with Crippen molar-refractivity contribution >= 4 is 5.97 Å². The number of benzene rings is 2.